The lowest BCUT2D eigenvalue weighted by Gasteiger charge is -2.22. The van der Waals surface area contributed by atoms with Gasteiger partial charge in [0, 0.05) is 6.54 Å². The van der Waals surface area contributed by atoms with Crippen LogP contribution in [-0.2, 0) is 10.0 Å². The first-order chi connectivity index (χ1) is 8.59. The summed E-state index contributed by atoms with van der Waals surface area (Å²) in [7, 11) is -3.50. The van der Waals surface area contributed by atoms with Crippen LogP contribution in [0, 0.1) is 5.92 Å². The Morgan fingerprint density at radius 2 is 2.17 bits per heavy atom. The highest BCUT2D eigenvalue weighted by Gasteiger charge is 2.20. The molecule has 0 saturated carbocycles. The molecule has 0 aromatic heterocycles. The average Bonchev–Trinajstić information content (AvgIpc) is 2.38. The number of sulfonamides is 1. The molecule has 0 amide bonds. The maximum Gasteiger partial charge on any atom is 0.242 e. The van der Waals surface area contributed by atoms with E-state index in [4.69, 9.17) is 11.6 Å². The third kappa shape index (κ3) is 3.45. The molecule has 1 heterocycles. The lowest BCUT2D eigenvalue weighted by Crippen LogP contribution is -2.38. The number of halogens is 1. The van der Waals surface area contributed by atoms with Gasteiger partial charge in [0.1, 0.15) is 4.90 Å². The van der Waals surface area contributed by atoms with Crippen LogP contribution in [0.4, 0.5) is 0 Å². The Kier molecular flexibility index (Phi) is 4.61. The Morgan fingerprint density at radius 3 is 2.83 bits per heavy atom. The molecule has 1 aliphatic heterocycles. The van der Waals surface area contributed by atoms with Crippen LogP contribution >= 0.6 is 11.6 Å². The van der Waals surface area contributed by atoms with Gasteiger partial charge in [-0.3, -0.25) is 0 Å². The van der Waals surface area contributed by atoms with E-state index in [1.54, 1.807) is 18.2 Å². The van der Waals surface area contributed by atoms with Crippen molar-refractivity contribution in [2.75, 3.05) is 19.6 Å². The minimum Gasteiger partial charge on any atom is -0.316 e. The number of benzene rings is 1. The van der Waals surface area contributed by atoms with E-state index in [1.165, 1.54) is 6.07 Å². The van der Waals surface area contributed by atoms with Crippen LogP contribution in [0.3, 0.4) is 0 Å². The molecule has 1 atom stereocenters. The van der Waals surface area contributed by atoms with E-state index in [1.807, 2.05) is 0 Å². The molecule has 1 aromatic carbocycles. The molecule has 1 aromatic rings. The average molecular weight is 289 g/mol. The van der Waals surface area contributed by atoms with Gasteiger partial charge < -0.3 is 5.32 Å². The van der Waals surface area contributed by atoms with Gasteiger partial charge in [-0.25, -0.2) is 13.1 Å². The predicted octanol–water partition coefficient (Wildman–Crippen LogP) is 1.62. The van der Waals surface area contributed by atoms with Gasteiger partial charge in [-0.1, -0.05) is 23.7 Å². The monoisotopic (exact) mass is 288 g/mol. The van der Waals surface area contributed by atoms with Crippen molar-refractivity contribution in [1.82, 2.24) is 10.0 Å². The molecule has 1 fully saturated rings. The second-order valence-corrected chi connectivity index (χ2v) is 6.64. The lowest BCUT2D eigenvalue weighted by atomic mass is 10.0. The standard InChI is InChI=1S/C12H17ClN2O2S/c13-11-5-1-2-6-12(11)18(16,17)15-9-10-4-3-7-14-8-10/h1-2,5-6,10,14-15H,3-4,7-9H2/t10-/m1/s1. The maximum atomic E-state index is 12.1. The zero-order chi connectivity index (χ0) is 13.0. The van der Waals surface area contributed by atoms with Crippen molar-refractivity contribution in [1.29, 1.82) is 0 Å². The Hall–Kier alpha value is -0.620. The fraction of sp³-hybridized carbons (Fsp3) is 0.500. The Balaban J connectivity index is 2.01. The van der Waals surface area contributed by atoms with Gasteiger partial charge in [-0.2, -0.15) is 0 Å². The van der Waals surface area contributed by atoms with Crippen LogP contribution in [0.1, 0.15) is 12.8 Å². The first-order valence-corrected chi connectivity index (χ1v) is 7.90. The summed E-state index contributed by atoms with van der Waals surface area (Å²) in [5.41, 5.74) is 0. The van der Waals surface area contributed by atoms with E-state index >= 15 is 0 Å². The summed E-state index contributed by atoms with van der Waals surface area (Å²) in [4.78, 5) is 0.149. The number of nitrogens with one attached hydrogen (secondary N) is 2. The summed E-state index contributed by atoms with van der Waals surface area (Å²) in [6.07, 6.45) is 2.15. The zero-order valence-corrected chi connectivity index (χ0v) is 11.6. The Labute approximate surface area is 113 Å². The number of hydrogen-bond donors (Lipinski definition) is 2. The molecular weight excluding hydrogens is 272 g/mol. The van der Waals surface area contributed by atoms with Gasteiger partial charge in [-0.05, 0) is 44.0 Å². The second-order valence-electron chi connectivity index (χ2n) is 4.49. The molecule has 1 saturated heterocycles. The number of hydrogen-bond acceptors (Lipinski definition) is 3. The van der Waals surface area contributed by atoms with E-state index < -0.39 is 10.0 Å². The van der Waals surface area contributed by atoms with Crippen molar-refractivity contribution in [3.8, 4) is 0 Å². The smallest absolute Gasteiger partial charge is 0.242 e. The largest absolute Gasteiger partial charge is 0.316 e. The van der Waals surface area contributed by atoms with Gasteiger partial charge in [0.25, 0.3) is 0 Å². The quantitative estimate of drug-likeness (QED) is 0.885. The van der Waals surface area contributed by atoms with Gasteiger partial charge in [0.05, 0.1) is 5.02 Å². The zero-order valence-electron chi connectivity index (χ0n) is 10.0. The Morgan fingerprint density at radius 1 is 1.39 bits per heavy atom. The highest BCUT2D eigenvalue weighted by atomic mass is 35.5. The van der Waals surface area contributed by atoms with Crippen molar-refractivity contribution in [3.63, 3.8) is 0 Å². The topological polar surface area (TPSA) is 58.2 Å². The van der Waals surface area contributed by atoms with Crippen molar-refractivity contribution in [2.45, 2.75) is 17.7 Å². The Bertz CT molecular complexity index is 499. The van der Waals surface area contributed by atoms with Crippen molar-refractivity contribution < 1.29 is 8.42 Å². The van der Waals surface area contributed by atoms with Crippen LogP contribution in [0.5, 0.6) is 0 Å². The van der Waals surface area contributed by atoms with Crippen LogP contribution in [-0.4, -0.2) is 28.1 Å². The van der Waals surface area contributed by atoms with Gasteiger partial charge in [0.15, 0.2) is 0 Å². The van der Waals surface area contributed by atoms with Gasteiger partial charge in [-0.15, -0.1) is 0 Å². The first kappa shape index (κ1) is 13.8. The molecule has 100 valence electrons. The highest BCUT2D eigenvalue weighted by molar-refractivity contribution is 7.89. The maximum absolute atomic E-state index is 12.1. The summed E-state index contributed by atoms with van der Waals surface area (Å²) in [6, 6.07) is 6.48. The molecule has 0 unspecified atom stereocenters. The van der Waals surface area contributed by atoms with E-state index in [-0.39, 0.29) is 9.92 Å². The van der Waals surface area contributed by atoms with Crippen molar-refractivity contribution in [3.05, 3.63) is 29.3 Å². The van der Waals surface area contributed by atoms with Crippen molar-refractivity contribution in [2.24, 2.45) is 5.92 Å². The van der Waals surface area contributed by atoms with Crippen LogP contribution in [0.15, 0.2) is 29.2 Å². The van der Waals surface area contributed by atoms with Gasteiger partial charge in [0.2, 0.25) is 10.0 Å². The minimum atomic E-state index is -3.50. The fourth-order valence-electron chi connectivity index (χ4n) is 2.07. The molecule has 4 nitrogen and oxygen atoms in total. The van der Waals surface area contributed by atoms with Gasteiger partial charge >= 0.3 is 0 Å². The molecular formula is C12H17ClN2O2S. The van der Waals surface area contributed by atoms with E-state index in [2.05, 4.69) is 10.0 Å². The third-order valence-electron chi connectivity index (χ3n) is 3.09. The van der Waals surface area contributed by atoms with E-state index in [9.17, 15) is 8.42 Å². The minimum absolute atomic E-state index is 0.149. The van der Waals surface area contributed by atoms with Crippen LogP contribution in [0.2, 0.25) is 5.02 Å². The molecule has 0 aliphatic carbocycles. The molecule has 2 rings (SSSR count). The summed E-state index contributed by atoms with van der Waals surface area (Å²) < 4.78 is 26.8. The summed E-state index contributed by atoms with van der Waals surface area (Å²) >= 11 is 5.90. The third-order valence-corrected chi connectivity index (χ3v) is 5.01. The second kappa shape index (κ2) is 6.02. The molecule has 0 spiro atoms. The fourth-order valence-corrected chi connectivity index (χ4v) is 3.70. The molecule has 1 aliphatic rings. The highest BCUT2D eigenvalue weighted by Crippen LogP contribution is 2.20. The van der Waals surface area contributed by atoms with Crippen LogP contribution in [0.25, 0.3) is 0 Å². The lowest BCUT2D eigenvalue weighted by molar-refractivity contribution is 0.376. The van der Waals surface area contributed by atoms with Crippen LogP contribution < -0.4 is 10.0 Å². The molecule has 0 radical (unpaired) electrons. The summed E-state index contributed by atoms with van der Waals surface area (Å²) in [5, 5.41) is 3.52. The van der Waals surface area contributed by atoms with Crippen molar-refractivity contribution >= 4 is 21.6 Å². The van der Waals surface area contributed by atoms with E-state index in [0.717, 1.165) is 25.9 Å². The SMILES string of the molecule is O=S(=O)(NC[C@@H]1CCCNC1)c1ccccc1Cl. The first-order valence-electron chi connectivity index (χ1n) is 6.04. The number of piperidine rings is 1. The predicted molar refractivity (Wildman–Crippen MR) is 72.2 cm³/mol. The molecule has 0 bridgehead atoms. The number of rotatable bonds is 4. The normalized spacial score (nSPS) is 20.8. The molecule has 18 heavy (non-hydrogen) atoms. The molecule has 6 heteroatoms. The summed E-state index contributed by atoms with van der Waals surface area (Å²) in [6.45, 7) is 2.35. The summed E-state index contributed by atoms with van der Waals surface area (Å²) in [5.74, 6) is 0.357. The van der Waals surface area contributed by atoms with E-state index in [0.29, 0.717) is 12.5 Å². The molecule has 2 N–H and O–H groups in total.